The lowest BCUT2D eigenvalue weighted by molar-refractivity contribution is 0.0689. The average Bonchev–Trinajstić information content (AvgIpc) is 2.94. The molecule has 2 rings (SSSR count). The van der Waals surface area contributed by atoms with Crippen LogP contribution >= 0.6 is 11.3 Å². The van der Waals surface area contributed by atoms with Crippen LogP contribution < -0.4 is 5.32 Å². The maximum Gasteiger partial charge on any atom is 0.264 e. The van der Waals surface area contributed by atoms with Gasteiger partial charge in [-0.15, -0.1) is 11.3 Å². The second-order valence-electron chi connectivity index (χ2n) is 5.34. The van der Waals surface area contributed by atoms with E-state index in [1.54, 1.807) is 11.3 Å². The summed E-state index contributed by atoms with van der Waals surface area (Å²) in [6.45, 7) is 2.11. The monoisotopic (exact) mass is 280 g/mol. The third-order valence-electron chi connectivity index (χ3n) is 4.29. The Kier molecular flexibility index (Phi) is 4.99. The van der Waals surface area contributed by atoms with Gasteiger partial charge in [0.1, 0.15) is 0 Å². The number of thiophene rings is 1. The number of hydrogen-bond acceptors (Lipinski definition) is 3. The third-order valence-corrected chi connectivity index (χ3v) is 5.24. The van der Waals surface area contributed by atoms with E-state index in [9.17, 15) is 4.79 Å². The molecule has 0 aliphatic heterocycles. The lowest BCUT2D eigenvalue weighted by Crippen LogP contribution is -2.42. The van der Waals surface area contributed by atoms with Gasteiger partial charge in [-0.3, -0.25) is 4.79 Å². The Labute approximate surface area is 120 Å². The molecule has 1 aromatic rings. The van der Waals surface area contributed by atoms with Crippen molar-refractivity contribution in [2.75, 3.05) is 14.1 Å². The van der Waals surface area contributed by atoms with Gasteiger partial charge in [0.25, 0.3) is 5.91 Å². The van der Waals surface area contributed by atoms with Crippen LogP contribution in [0.1, 0.15) is 47.8 Å². The largest absolute Gasteiger partial charge is 0.338 e. The van der Waals surface area contributed by atoms with Crippen LogP contribution in [-0.2, 0) is 6.42 Å². The van der Waals surface area contributed by atoms with Crippen LogP contribution in [-0.4, -0.2) is 37.0 Å². The minimum Gasteiger partial charge on any atom is -0.338 e. The Morgan fingerprint density at radius 3 is 2.68 bits per heavy atom. The number of amides is 1. The first-order valence-electron chi connectivity index (χ1n) is 7.18. The molecule has 106 valence electrons. The molecule has 1 N–H and O–H groups in total. The van der Waals surface area contributed by atoms with Gasteiger partial charge < -0.3 is 10.2 Å². The van der Waals surface area contributed by atoms with Gasteiger partial charge in [-0.1, -0.05) is 6.92 Å². The number of hydrogen-bond donors (Lipinski definition) is 1. The summed E-state index contributed by atoms with van der Waals surface area (Å²) in [6, 6.07) is 3.11. The summed E-state index contributed by atoms with van der Waals surface area (Å²) in [5.41, 5.74) is 1.19. The summed E-state index contributed by atoms with van der Waals surface area (Å²) >= 11 is 1.58. The second kappa shape index (κ2) is 6.53. The highest BCUT2D eigenvalue weighted by Crippen LogP contribution is 2.26. The standard InChI is InChI=1S/C15H24N2OS/c1-4-11-9-10-19-14(11)15(18)17(3)13-7-5-12(16-2)6-8-13/h9-10,12-13,16H,4-8H2,1-3H3. The van der Waals surface area contributed by atoms with Crippen molar-refractivity contribution in [2.45, 2.75) is 51.1 Å². The van der Waals surface area contributed by atoms with E-state index in [2.05, 4.69) is 18.3 Å². The van der Waals surface area contributed by atoms with Crippen LogP contribution in [0.4, 0.5) is 0 Å². The molecule has 3 nitrogen and oxygen atoms in total. The SMILES string of the molecule is CCc1ccsc1C(=O)N(C)C1CCC(NC)CC1. The lowest BCUT2D eigenvalue weighted by atomic mass is 9.90. The van der Waals surface area contributed by atoms with Gasteiger partial charge in [-0.25, -0.2) is 0 Å². The van der Waals surface area contributed by atoms with Crippen LogP contribution in [0.15, 0.2) is 11.4 Å². The first kappa shape index (κ1) is 14.5. The van der Waals surface area contributed by atoms with E-state index in [0.29, 0.717) is 12.1 Å². The minimum atomic E-state index is 0.208. The molecule has 19 heavy (non-hydrogen) atoms. The lowest BCUT2D eigenvalue weighted by Gasteiger charge is -2.34. The Morgan fingerprint density at radius 1 is 1.42 bits per heavy atom. The highest BCUT2D eigenvalue weighted by atomic mass is 32.1. The zero-order valence-electron chi connectivity index (χ0n) is 12.1. The van der Waals surface area contributed by atoms with E-state index >= 15 is 0 Å². The molecule has 0 spiro atoms. The van der Waals surface area contributed by atoms with E-state index < -0.39 is 0 Å². The zero-order chi connectivity index (χ0) is 13.8. The van der Waals surface area contributed by atoms with Gasteiger partial charge >= 0.3 is 0 Å². The van der Waals surface area contributed by atoms with Gasteiger partial charge in [0.2, 0.25) is 0 Å². The second-order valence-corrected chi connectivity index (χ2v) is 6.25. The van der Waals surface area contributed by atoms with E-state index in [4.69, 9.17) is 0 Å². The van der Waals surface area contributed by atoms with Crippen LogP contribution in [0, 0.1) is 0 Å². The van der Waals surface area contributed by atoms with E-state index in [0.717, 1.165) is 24.1 Å². The highest BCUT2D eigenvalue weighted by Gasteiger charge is 2.27. The Morgan fingerprint density at radius 2 is 2.11 bits per heavy atom. The molecule has 1 fully saturated rings. The van der Waals surface area contributed by atoms with Crippen LogP contribution in [0.2, 0.25) is 0 Å². The molecule has 4 heteroatoms. The number of aryl methyl sites for hydroxylation is 1. The van der Waals surface area contributed by atoms with Crippen LogP contribution in [0.25, 0.3) is 0 Å². The summed E-state index contributed by atoms with van der Waals surface area (Å²) in [5, 5.41) is 5.36. The summed E-state index contributed by atoms with van der Waals surface area (Å²) in [4.78, 5) is 15.5. The fourth-order valence-corrected chi connectivity index (χ4v) is 3.86. The normalized spacial score (nSPS) is 23.3. The molecule has 1 amide bonds. The van der Waals surface area contributed by atoms with Gasteiger partial charge in [0, 0.05) is 19.1 Å². The van der Waals surface area contributed by atoms with Gasteiger partial charge in [-0.05, 0) is 56.2 Å². The molecular weight excluding hydrogens is 256 g/mol. The first-order valence-corrected chi connectivity index (χ1v) is 8.06. The molecule has 1 aliphatic rings. The van der Waals surface area contributed by atoms with E-state index in [1.807, 2.05) is 24.4 Å². The van der Waals surface area contributed by atoms with E-state index in [-0.39, 0.29) is 5.91 Å². The molecule has 0 radical (unpaired) electrons. The Bertz CT molecular complexity index is 422. The van der Waals surface area contributed by atoms with Gasteiger partial charge in [0.15, 0.2) is 0 Å². The zero-order valence-corrected chi connectivity index (χ0v) is 12.9. The minimum absolute atomic E-state index is 0.208. The molecule has 1 saturated carbocycles. The summed E-state index contributed by atoms with van der Waals surface area (Å²) in [5.74, 6) is 0.208. The van der Waals surface area contributed by atoms with Crippen molar-refractivity contribution in [3.8, 4) is 0 Å². The Balaban J connectivity index is 2.00. The quantitative estimate of drug-likeness (QED) is 0.919. The maximum atomic E-state index is 12.6. The fourth-order valence-electron chi connectivity index (χ4n) is 2.88. The van der Waals surface area contributed by atoms with Crippen molar-refractivity contribution >= 4 is 17.2 Å². The molecule has 1 heterocycles. The number of rotatable bonds is 4. The van der Waals surface area contributed by atoms with Crippen molar-refractivity contribution < 1.29 is 4.79 Å². The number of nitrogens with zero attached hydrogens (tertiary/aromatic N) is 1. The summed E-state index contributed by atoms with van der Waals surface area (Å²) in [7, 11) is 3.99. The van der Waals surface area contributed by atoms with Crippen molar-refractivity contribution in [3.63, 3.8) is 0 Å². The van der Waals surface area contributed by atoms with E-state index in [1.165, 1.54) is 18.4 Å². The van der Waals surface area contributed by atoms with Crippen molar-refractivity contribution in [3.05, 3.63) is 21.9 Å². The maximum absolute atomic E-state index is 12.6. The first-order chi connectivity index (χ1) is 9.17. The average molecular weight is 280 g/mol. The Hall–Kier alpha value is -0.870. The van der Waals surface area contributed by atoms with Gasteiger partial charge in [-0.2, -0.15) is 0 Å². The molecule has 1 aromatic heterocycles. The summed E-state index contributed by atoms with van der Waals surface area (Å²) < 4.78 is 0. The molecule has 0 bridgehead atoms. The fraction of sp³-hybridized carbons (Fsp3) is 0.667. The molecule has 0 atom stereocenters. The van der Waals surface area contributed by atoms with Crippen molar-refractivity contribution in [2.24, 2.45) is 0 Å². The predicted octanol–water partition coefficient (Wildman–Crippen LogP) is 2.91. The smallest absolute Gasteiger partial charge is 0.264 e. The van der Waals surface area contributed by atoms with Crippen molar-refractivity contribution in [1.29, 1.82) is 0 Å². The number of nitrogens with one attached hydrogen (secondary N) is 1. The molecule has 1 aliphatic carbocycles. The van der Waals surface area contributed by atoms with Gasteiger partial charge in [0.05, 0.1) is 4.88 Å². The van der Waals surface area contributed by atoms with Crippen LogP contribution in [0.5, 0.6) is 0 Å². The molecule has 0 saturated heterocycles. The topological polar surface area (TPSA) is 32.3 Å². The predicted molar refractivity (Wildman–Crippen MR) is 80.9 cm³/mol. The molecule has 0 unspecified atom stereocenters. The molecule has 0 aromatic carbocycles. The summed E-state index contributed by atoms with van der Waals surface area (Å²) in [6.07, 6.45) is 5.50. The van der Waals surface area contributed by atoms with Crippen molar-refractivity contribution in [1.82, 2.24) is 10.2 Å². The third kappa shape index (κ3) is 3.18. The molecular formula is C15H24N2OS. The van der Waals surface area contributed by atoms with Crippen LogP contribution in [0.3, 0.4) is 0 Å². The highest BCUT2D eigenvalue weighted by molar-refractivity contribution is 7.12. The number of carbonyl (C=O) groups is 1. The number of carbonyl (C=O) groups excluding carboxylic acids is 1.